The maximum atomic E-state index is 13.1. The number of benzene rings is 1. The molecular weight excluding hydrogens is 285 g/mol. The van der Waals surface area contributed by atoms with Gasteiger partial charge in [-0.15, -0.1) is 0 Å². The second-order valence-corrected chi connectivity index (χ2v) is 5.13. The van der Waals surface area contributed by atoms with E-state index in [2.05, 4.69) is 0 Å². The molecular formula is C14H15ClFNO3. The number of carbonyl (C=O) groups excluding carboxylic acids is 2. The number of methoxy groups -OCH3 is 1. The number of likely N-dealkylation sites (tertiary alicyclic amines) is 1. The molecule has 6 heteroatoms. The van der Waals surface area contributed by atoms with Gasteiger partial charge in [-0.05, 0) is 31.0 Å². The van der Waals surface area contributed by atoms with Crippen LogP contribution < -0.4 is 0 Å². The van der Waals surface area contributed by atoms with Gasteiger partial charge in [0.25, 0.3) is 0 Å². The molecule has 2 unspecified atom stereocenters. The Morgan fingerprint density at radius 3 is 2.85 bits per heavy atom. The van der Waals surface area contributed by atoms with Crippen molar-refractivity contribution in [3.63, 3.8) is 0 Å². The van der Waals surface area contributed by atoms with Crippen LogP contribution in [0.15, 0.2) is 18.2 Å². The summed E-state index contributed by atoms with van der Waals surface area (Å²) in [6.45, 7) is 1.76. The van der Waals surface area contributed by atoms with Crippen molar-refractivity contribution in [2.24, 2.45) is 0 Å². The van der Waals surface area contributed by atoms with Gasteiger partial charge in [0.1, 0.15) is 11.9 Å². The Morgan fingerprint density at radius 2 is 2.25 bits per heavy atom. The number of hydrogen-bond acceptors (Lipinski definition) is 3. The number of halogens is 2. The second kappa shape index (κ2) is 5.79. The van der Waals surface area contributed by atoms with Gasteiger partial charge in [0, 0.05) is 11.4 Å². The molecule has 0 N–H and O–H groups in total. The first-order valence-corrected chi connectivity index (χ1v) is 6.67. The van der Waals surface area contributed by atoms with E-state index in [1.54, 1.807) is 6.92 Å². The van der Waals surface area contributed by atoms with Crippen molar-refractivity contribution in [1.29, 1.82) is 0 Å². The molecule has 4 nitrogen and oxygen atoms in total. The number of carbonyl (C=O) groups is 2. The number of nitrogens with zero attached hydrogens (tertiary/aromatic N) is 1. The average Bonchev–Trinajstić information content (AvgIpc) is 2.79. The standard InChI is InChI=1S/C14H15ClFNO3/c1-8(10-4-3-9(16)7-11(10)15)17-12(14(19)20-2)5-6-13(17)18/h3-4,7-8,12H,5-6H2,1-2H3. The predicted octanol–water partition coefficient (Wildman–Crippen LogP) is 2.70. The van der Waals surface area contributed by atoms with Crippen LogP contribution in [-0.4, -0.2) is 29.9 Å². The summed E-state index contributed by atoms with van der Waals surface area (Å²) in [4.78, 5) is 25.2. The molecule has 0 saturated carbocycles. The molecule has 1 amide bonds. The van der Waals surface area contributed by atoms with E-state index in [-0.39, 0.29) is 10.9 Å². The van der Waals surface area contributed by atoms with E-state index >= 15 is 0 Å². The SMILES string of the molecule is COC(=O)C1CCC(=O)N1C(C)c1ccc(F)cc1Cl. The Balaban J connectivity index is 2.32. The van der Waals surface area contributed by atoms with Gasteiger partial charge < -0.3 is 9.64 Å². The van der Waals surface area contributed by atoms with Crippen molar-refractivity contribution in [3.05, 3.63) is 34.6 Å². The zero-order valence-electron chi connectivity index (χ0n) is 11.2. The van der Waals surface area contributed by atoms with E-state index < -0.39 is 23.9 Å². The zero-order chi connectivity index (χ0) is 14.9. The van der Waals surface area contributed by atoms with Gasteiger partial charge >= 0.3 is 5.97 Å². The highest BCUT2D eigenvalue weighted by molar-refractivity contribution is 6.31. The van der Waals surface area contributed by atoms with Crippen LogP contribution in [0.1, 0.15) is 31.4 Å². The Labute approximate surface area is 121 Å². The Morgan fingerprint density at radius 1 is 1.55 bits per heavy atom. The van der Waals surface area contributed by atoms with Crippen LogP contribution in [0.2, 0.25) is 5.02 Å². The first kappa shape index (κ1) is 14.8. The third-order valence-corrected chi connectivity index (χ3v) is 3.89. The topological polar surface area (TPSA) is 46.6 Å². The van der Waals surface area contributed by atoms with Crippen LogP contribution in [0.3, 0.4) is 0 Å². The molecule has 1 aromatic rings. The number of esters is 1. The fraction of sp³-hybridized carbons (Fsp3) is 0.429. The molecule has 2 rings (SSSR count). The maximum Gasteiger partial charge on any atom is 0.328 e. The van der Waals surface area contributed by atoms with Gasteiger partial charge in [-0.25, -0.2) is 9.18 Å². The van der Waals surface area contributed by atoms with E-state index in [0.717, 1.165) is 0 Å². The molecule has 1 aromatic carbocycles. The first-order chi connectivity index (χ1) is 9.45. The molecule has 0 aliphatic carbocycles. The summed E-state index contributed by atoms with van der Waals surface area (Å²) in [5.74, 6) is -1.02. The minimum atomic E-state index is -0.608. The van der Waals surface area contributed by atoms with E-state index in [1.165, 1.54) is 30.2 Å². The summed E-state index contributed by atoms with van der Waals surface area (Å²) in [6.07, 6.45) is 0.720. The van der Waals surface area contributed by atoms with Crippen LogP contribution in [-0.2, 0) is 14.3 Å². The highest BCUT2D eigenvalue weighted by Crippen LogP contribution is 2.34. The molecule has 1 saturated heterocycles. The van der Waals surface area contributed by atoms with Gasteiger partial charge in [-0.2, -0.15) is 0 Å². The quantitative estimate of drug-likeness (QED) is 0.806. The minimum Gasteiger partial charge on any atom is -0.467 e. The van der Waals surface area contributed by atoms with Gasteiger partial charge in [0.05, 0.1) is 13.2 Å². The summed E-state index contributed by atoms with van der Waals surface area (Å²) in [5.41, 5.74) is 0.609. The lowest BCUT2D eigenvalue weighted by atomic mass is 10.1. The van der Waals surface area contributed by atoms with Crippen LogP contribution in [0.25, 0.3) is 0 Å². The third-order valence-electron chi connectivity index (χ3n) is 3.56. The summed E-state index contributed by atoms with van der Waals surface area (Å²) < 4.78 is 17.8. The van der Waals surface area contributed by atoms with Crippen molar-refractivity contribution < 1.29 is 18.7 Å². The molecule has 1 aliphatic rings. The summed E-state index contributed by atoms with van der Waals surface area (Å²) in [7, 11) is 1.29. The van der Waals surface area contributed by atoms with Crippen molar-refractivity contribution in [2.45, 2.75) is 31.8 Å². The number of ether oxygens (including phenoxy) is 1. The molecule has 2 atom stereocenters. The molecule has 20 heavy (non-hydrogen) atoms. The van der Waals surface area contributed by atoms with Crippen LogP contribution >= 0.6 is 11.6 Å². The van der Waals surface area contributed by atoms with Crippen molar-refractivity contribution >= 4 is 23.5 Å². The third kappa shape index (κ3) is 2.63. The zero-order valence-corrected chi connectivity index (χ0v) is 12.0. The minimum absolute atomic E-state index is 0.131. The lowest BCUT2D eigenvalue weighted by Crippen LogP contribution is -2.41. The van der Waals surface area contributed by atoms with Crippen molar-refractivity contribution in [2.75, 3.05) is 7.11 Å². The maximum absolute atomic E-state index is 13.1. The van der Waals surface area contributed by atoms with E-state index in [0.29, 0.717) is 18.4 Å². The Kier molecular flexibility index (Phi) is 4.28. The number of rotatable bonds is 3. The highest BCUT2D eigenvalue weighted by Gasteiger charge is 2.40. The molecule has 108 valence electrons. The lowest BCUT2D eigenvalue weighted by molar-refractivity contribution is -0.150. The number of hydrogen-bond donors (Lipinski definition) is 0. The summed E-state index contributed by atoms with van der Waals surface area (Å²) >= 11 is 6.02. The molecule has 0 aromatic heterocycles. The summed E-state index contributed by atoms with van der Waals surface area (Å²) in [6, 6.07) is 2.99. The Hall–Kier alpha value is -1.62. The average molecular weight is 300 g/mol. The molecule has 1 heterocycles. The fourth-order valence-corrected chi connectivity index (χ4v) is 2.87. The second-order valence-electron chi connectivity index (χ2n) is 4.72. The normalized spacial score (nSPS) is 20.1. The molecule has 0 radical (unpaired) electrons. The van der Waals surface area contributed by atoms with E-state index in [4.69, 9.17) is 16.3 Å². The molecule has 0 bridgehead atoms. The highest BCUT2D eigenvalue weighted by atomic mass is 35.5. The van der Waals surface area contributed by atoms with E-state index in [1.807, 2.05) is 0 Å². The first-order valence-electron chi connectivity index (χ1n) is 6.29. The molecule has 1 fully saturated rings. The van der Waals surface area contributed by atoms with Crippen LogP contribution in [0.4, 0.5) is 4.39 Å². The van der Waals surface area contributed by atoms with Crippen molar-refractivity contribution in [1.82, 2.24) is 4.90 Å². The van der Waals surface area contributed by atoms with E-state index in [9.17, 15) is 14.0 Å². The molecule has 0 spiro atoms. The van der Waals surface area contributed by atoms with Crippen LogP contribution in [0, 0.1) is 5.82 Å². The fourth-order valence-electron chi connectivity index (χ4n) is 2.55. The largest absolute Gasteiger partial charge is 0.467 e. The Bertz CT molecular complexity index is 549. The van der Waals surface area contributed by atoms with Gasteiger partial charge in [-0.3, -0.25) is 4.79 Å². The monoisotopic (exact) mass is 299 g/mol. The lowest BCUT2D eigenvalue weighted by Gasteiger charge is -2.30. The van der Waals surface area contributed by atoms with Gasteiger partial charge in [0.2, 0.25) is 5.91 Å². The smallest absolute Gasteiger partial charge is 0.328 e. The van der Waals surface area contributed by atoms with Crippen LogP contribution in [0.5, 0.6) is 0 Å². The number of amides is 1. The predicted molar refractivity (Wildman–Crippen MR) is 71.7 cm³/mol. The molecule has 1 aliphatic heterocycles. The van der Waals surface area contributed by atoms with Crippen molar-refractivity contribution in [3.8, 4) is 0 Å². The summed E-state index contributed by atoms with van der Waals surface area (Å²) in [5, 5.41) is 0.237. The van der Waals surface area contributed by atoms with Gasteiger partial charge in [0.15, 0.2) is 0 Å². The van der Waals surface area contributed by atoms with Gasteiger partial charge in [-0.1, -0.05) is 17.7 Å².